The van der Waals surface area contributed by atoms with Crippen molar-refractivity contribution in [2.24, 2.45) is 0 Å². The summed E-state index contributed by atoms with van der Waals surface area (Å²) in [6, 6.07) is 7.04. The minimum Gasteiger partial charge on any atom is -0.506 e. The standard InChI is InChI=1S/C27H27BrN6O3/c1-2-25(36)32-9-7-19-26-21(34(31-19)20-6-5-16(11-23(20)35)15-3-4-15)8-10-33(22(26)14-32)27(37)17-13-30-24(28)12-18(17)29/h2,5-6,11-13,15,22,35H,1,3-4,7-10,14H2,(H2,29,30). The van der Waals surface area contributed by atoms with Gasteiger partial charge in [-0.3, -0.25) is 9.59 Å². The summed E-state index contributed by atoms with van der Waals surface area (Å²) < 4.78 is 2.38. The third kappa shape index (κ3) is 4.09. The Balaban J connectivity index is 1.43. The van der Waals surface area contributed by atoms with E-state index in [4.69, 9.17) is 10.8 Å². The van der Waals surface area contributed by atoms with E-state index in [1.807, 2.05) is 16.8 Å². The van der Waals surface area contributed by atoms with Crippen molar-refractivity contribution in [2.45, 2.75) is 37.6 Å². The molecule has 1 unspecified atom stereocenters. The molecule has 3 aromatic rings. The fraction of sp³-hybridized carbons (Fsp3) is 0.333. The summed E-state index contributed by atoms with van der Waals surface area (Å²) >= 11 is 3.29. The van der Waals surface area contributed by atoms with Crippen LogP contribution in [0.5, 0.6) is 5.75 Å². The maximum atomic E-state index is 13.7. The monoisotopic (exact) mass is 562 g/mol. The number of nitrogen functional groups attached to an aromatic ring is 1. The summed E-state index contributed by atoms with van der Waals surface area (Å²) in [5, 5.41) is 15.8. The van der Waals surface area contributed by atoms with Gasteiger partial charge in [0.15, 0.2) is 0 Å². The summed E-state index contributed by atoms with van der Waals surface area (Å²) in [5.41, 5.74) is 11.3. The topological polar surface area (TPSA) is 118 Å². The van der Waals surface area contributed by atoms with Crippen molar-refractivity contribution in [1.29, 1.82) is 0 Å². The highest BCUT2D eigenvalue weighted by atomic mass is 79.9. The molecule has 0 radical (unpaired) electrons. The lowest BCUT2D eigenvalue weighted by molar-refractivity contribution is -0.126. The molecule has 2 aliphatic heterocycles. The molecule has 1 atom stereocenters. The number of aromatic nitrogens is 3. The van der Waals surface area contributed by atoms with Gasteiger partial charge in [0.05, 0.1) is 23.0 Å². The zero-order valence-electron chi connectivity index (χ0n) is 20.2. The van der Waals surface area contributed by atoms with Gasteiger partial charge in [-0.15, -0.1) is 0 Å². The third-order valence-electron chi connectivity index (χ3n) is 7.57. The fourth-order valence-electron chi connectivity index (χ4n) is 5.53. The third-order valence-corrected chi connectivity index (χ3v) is 8.00. The number of carbonyl (C=O) groups is 2. The van der Waals surface area contributed by atoms with Gasteiger partial charge in [0.1, 0.15) is 16.0 Å². The number of aromatic hydroxyl groups is 1. The van der Waals surface area contributed by atoms with E-state index in [9.17, 15) is 14.7 Å². The van der Waals surface area contributed by atoms with Crippen molar-refractivity contribution in [3.05, 3.63) is 75.8 Å². The van der Waals surface area contributed by atoms with E-state index in [1.165, 1.54) is 12.3 Å². The Morgan fingerprint density at radius 2 is 2.00 bits per heavy atom. The molecule has 6 rings (SSSR count). The highest BCUT2D eigenvalue weighted by Gasteiger charge is 2.40. The summed E-state index contributed by atoms with van der Waals surface area (Å²) in [6.45, 7) is 4.83. The molecule has 0 saturated heterocycles. The van der Waals surface area contributed by atoms with Gasteiger partial charge in [-0.25, -0.2) is 9.67 Å². The Morgan fingerprint density at radius 3 is 2.70 bits per heavy atom. The van der Waals surface area contributed by atoms with Crippen LogP contribution in [-0.2, 0) is 17.6 Å². The predicted molar refractivity (Wildman–Crippen MR) is 142 cm³/mol. The van der Waals surface area contributed by atoms with E-state index in [-0.39, 0.29) is 17.6 Å². The number of hydrogen-bond donors (Lipinski definition) is 2. The van der Waals surface area contributed by atoms with Crippen molar-refractivity contribution in [2.75, 3.05) is 25.4 Å². The second-order valence-electron chi connectivity index (χ2n) is 9.84. The lowest BCUT2D eigenvalue weighted by Gasteiger charge is -2.38. The normalized spacial score (nSPS) is 18.8. The van der Waals surface area contributed by atoms with Crippen molar-refractivity contribution in [3.8, 4) is 11.4 Å². The number of benzene rings is 1. The molecular weight excluding hydrogens is 536 g/mol. The molecule has 0 spiro atoms. The lowest BCUT2D eigenvalue weighted by Crippen LogP contribution is -2.46. The van der Waals surface area contributed by atoms with Gasteiger partial charge >= 0.3 is 0 Å². The van der Waals surface area contributed by atoms with Gasteiger partial charge in [0, 0.05) is 49.9 Å². The first kappa shape index (κ1) is 23.7. The first-order chi connectivity index (χ1) is 17.9. The summed E-state index contributed by atoms with van der Waals surface area (Å²) in [6.07, 6.45) is 6.18. The van der Waals surface area contributed by atoms with Crippen LogP contribution in [0.15, 0.2) is 47.7 Å². The largest absolute Gasteiger partial charge is 0.506 e. The Bertz CT molecular complexity index is 1450. The molecule has 190 valence electrons. The highest BCUT2D eigenvalue weighted by Crippen LogP contribution is 2.43. The molecule has 4 heterocycles. The molecule has 10 heteroatoms. The smallest absolute Gasteiger partial charge is 0.258 e. The predicted octanol–water partition coefficient (Wildman–Crippen LogP) is 3.51. The van der Waals surface area contributed by atoms with E-state index in [0.717, 1.165) is 35.4 Å². The Hall–Kier alpha value is -3.66. The molecule has 1 aliphatic carbocycles. The van der Waals surface area contributed by atoms with Crippen molar-refractivity contribution >= 4 is 33.4 Å². The van der Waals surface area contributed by atoms with Crippen LogP contribution < -0.4 is 5.73 Å². The number of amides is 2. The van der Waals surface area contributed by atoms with Crippen molar-refractivity contribution < 1.29 is 14.7 Å². The molecule has 37 heavy (non-hydrogen) atoms. The molecule has 0 bridgehead atoms. The number of halogens is 1. The Kier molecular flexibility index (Phi) is 5.78. The second kappa shape index (κ2) is 9.02. The average Bonchev–Trinajstić information content (AvgIpc) is 3.69. The van der Waals surface area contributed by atoms with Crippen LogP contribution in [0.4, 0.5) is 5.69 Å². The van der Waals surface area contributed by atoms with E-state index < -0.39 is 6.04 Å². The number of phenols is 1. The van der Waals surface area contributed by atoms with Crippen LogP contribution in [0.3, 0.4) is 0 Å². The van der Waals surface area contributed by atoms with Gasteiger partial charge in [0.25, 0.3) is 5.91 Å². The first-order valence-corrected chi connectivity index (χ1v) is 13.2. The number of phenolic OH excluding ortho intramolecular Hbond substituents is 1. The molecular formula is C27H27BrN6O3. The maximum Gasteiger partial charge on any atom is 0.258 e. The number of carbonyl (C=O) groups excluding carboxylic acids is 2. The number of anilines is 1. The lowest BCUT2D eigenvalue weighted by atomic mass is 9.94. The summed E-state index contributed by atoms with van der Waals surface area (Å²) in [7, 11) is 0. The van der Waals surface area contributed by atoms with Gasteiger partial charge in [-0.1, -0.05) is 12.6 Å². The number of nitrogens with zero attached hydrogens (tertiary/aromatic N) is 5. The minimum absolute atomic E-state index is 0.185. The zero-order valence-corrected chi connectivity index (χ0v) is 21.8. The minimum atomic E-state index is -0.415. The second-order valence-corrected chi connectivity index (χ2v) is 10.7. The molecule has 3 N–H and O–H groups in total. The maximum absolute atomic E-state index is 13.7. The molecule has 1 saturated carbocycles. The first-order valence-electron chi connectivity index (χ1n) is 12.4. The van der Waals surface area contributed by atoms with Crippen LogP contribution in [-0.4, -0.2) is 61.1 Å². The molecule has 1 aromatic carbocycles. The highest BCUT2D eigenvalue weighted by molar-refractivity contribution is 9.10. The van der Waals surface area contributed by atoms with E-state index >= 15 is 0 Å². The fourth-order valence-corrected chi connectivity index (χ4v) is 5.88. The van der Waals surface area contributed by atoms with E-state index in [0.29, 0.717) is 59.9 Å². The van der Waals surface area contributed by atoms with E-state index in [1.54, 1.807) is 15.9 Å². The quantitative estimate of drug-likeness (QED) is 0.371. The van der Waals surface area contributed by atoms with Gasteiger partial charge in [-0.05, 0) is 64.5 Å². The summed E-state index contributed by atoms with van der Waals surface area (Å²) in [4.78, 5) is 34.1. The zero-order chi connectivity index (χ0) is 25.8. The molecule has 1 fully saturated rings. The van der Waals surface area contributed by atoms with Crippen molar-refractivity contribution in [3.63, 3.8) is 0 Å². The van der Waals surface area contributed by atoms with Crippen LogP contribution in [0, 0.1) is 0 Å². The van der Waals surface area contributed by atoms with Crippen LogP contribution in [0.1, 0.15) is 57.7 Å². The SMILES string of the molecule is C=CC(=O)N1CCc2nn(-c3ccc(C4CC4)cc3O)c3c2C(C1)N(C(=O)c1cnc(Br)cc1N)CC3. The van der Waals surface area contributed by atoms with Crippen LogP contribution in [0.2, 0.25) is 0 Å². The average molecular weight is 563 g/mol. The molecule has 3 aliphatic rings. The number of rotatable bonds is 4. The number of nitrogens with two attached hydrogens (primary N) is 1. The molecule has 2 aromatic heterocycles. The Morgan fingerprint density at radius 1 is 1.19 bits per heavy atom. The van der Waals surface area contributed by atoms with Crippen LogP contribution in [0.25, 0.3) is 5.69 Å². The van der Waals surface area contributed by atoms with Crippen molar-refractivity contribution in [1.82, 2.24) is 24.6 Å². The summed E-state index contributed by atoms with van der Waals surface area (Å²) in [5.74, 6) is 0.308. The van der Waals surface area contributed by atoms with Gasteiger partial charge in [-0.2, -0.15) is 5.10 Å². The van der Waals surface area contributed by atoms with Gasteiger partial charge < -0.3 is 20.6 Å². The molecule has 9 nitrogen and oxygen atoms in total. The van der Waals surface area contributed by atoms with Gasteiger partial charge in [0.2, 0.25) is 5.91 Å². The van der Waals surface area contributed by atoms with E-state index in [2.05, 4.69) is 33.6 Å². The number of pyridine rings is 1. The number of hydrogen-bond acceptors (Lipinski definition) is 6. The Labute approximate surface area is 222 Å². The molecule has 2 amide bonds. The van der Waals surface area contributed by atoms with Crippen LogP contribution >= 0.6 is 15.9 Å².